The molecule has 1 aliphatic rings. The monoisotopic (exact) mass is 228 g/mol. The van der Waals surface area contributed by atoms with Crippen molar-refractivity contribution in [2.24, 2.45) is 0 Å². The van der Waals surface area contributed by atoms with Gasteiger partial charge in [0.1, 0.15) is 0 Å². The van der Waals surface area contributed by atoms with Crippen LogP contribution in [0.15, 0.2) is 9.64 Å². The molecule has 0 fully saturated rings. The van der Waals surface area contributed by atoms with Gasteiger partial charge in [-0.2, -0.15) is 0 Å². The van der Waals surface area contributed by atoms with Crippen LogP contribution in [0.2, 0.25) is 52.4 Å². The van der Waals surface area contributed by atoms with Gasteiger partial charge >= 0.3 is 0 Å². The predicted octanol–water partition coefficient (Wildman–Crippen LogP) is 3.84. The molecule has 0 bridgehead atoms. The summed E-state index contributed by atoms with van der Waals surface area (Å²) in [6.45, 7) is 20.2. The van der Waals surface area contributed by atoms with Crippen molar-refractivity contribution in [3.05, 3.63) is 9.64 Å². The normalized spacial score (nSPS) is 22.2. The van der Waals surface area contributed by atoms with E-state index in [4.69, 9.17) is 0 Å². The molecule has 1 rings (SSSR count). The predicted molar refractivity (Wildman–Crippen MR) is 71.2 cm³/mol. The third-order valence-corrected chi connectivity index (χ3v) is 18.2. The van der Waals surface area contributed by atoms with Gasteiger partial charge in [0.15, 0.2) is 0 Å². The summed E-state index contributed by atoms with van der Waals surface area (Å²) >= 11 is 0. The van der Waals surface area contributed by atoms with Crippen molar-refractivity contribution in [3.8, 4) is 0 Å². The van der Waals surface area contributed by atoms with Gasteiger partial charge in [-0.05, 0) is 0 Å². The second kappa shape index (κ2) is 2.70. The van der Waals surface area contributed by atoms with Gasteiger partial charge in [-0.3, -0.25) is 0 Å². The van der Waals surface area contributed by atoms with Crippen molar-refractivity contribution in [1.82, 2.24) is 0 Å². The Morgan fingerprint density at radius 2 is 0.923 bits per heavy atom. The first-order valence-electron chi connectivity index (χ1n) is 5.25. The zero-order valence-corrected chi connectivity index (χ0v) is 13.5. The van der Waals surface area contributed by atoms with Gasteiger partial charge in [0, 0.05) is 0 Å². The van der Waals surface area contributed by atoms with E-state index in [-0.39, 0.29) is 0 Å². The van der Waals surface area contributed by atoms with E-state index in [1.807, 2.05) is 9.64 Å². The van der Waals surface area contributed by atoms with Crippen LogP contribution in [-0.4, -0.2) is 24.2 Å². The smallest absolute Gasteiger partial charge is 0.0926 e. The maximum Gasteiger partial charge on any atom is 0.0926 e. The molecule has 0 aromatic rings. The summed E-state index contributed by atoms with van der Waals surface area (Å²) in [5.41, 5.74) is 0. The van der Waals surface area contributed by atoms with E-state index in [0.717, 1.165) is 0 Å². The van der Waals surface area contributed by atoms with E-state index in [1.165, 1.54) is 0 Å². The third-order valence-electron chi connectivity index (χ3n) is 2.94. The van der Waals surface area contributed by atoms with Crippen molar-refractivity contribution in [1.29, 1.82) is 0 Å². The summed E-state index contributed by atoms with van der Waals surface area (Å²) < 4.78 is 0. The Kier molecular flexibility index (Phi) is 2.38. The molecule has 0 aliphatic carbocycles. The molecule has 0 spiro atoms. The van der Waals surface area contributed by atoms with E-state index >= 15 is 0 Å². The molecule has 0 radical (unpaired) electrons. The van der Waals surface area contributed by atoms with Crippen molar-refractivity contribution >= 4 is 24.2 Å². The van der Waals surface area contributed by atoms with Crippen LogP contribution in [0.1, 0.15) is 0 Å². The van der Waals surface area contributed by atoms with Crippen LogP contribution in [0, 0.1) is 0 Å². The lowest BCUT2D eigenvalue weighted by Gasteiger charge is -2.16. The maximum atomic E-state index is 2.56. The van der Waals surface area contributed by atoms with Crippen LogP contribution in [0.5, 0.6) is 0 Å². The van der Waals surface area contributed by atoms with Crippen LogP contribution in [-0.2, 0) is 0 Å². The van der Waals surface area contributed by atoms with E-state index in [1.54, 1.807) is 0 Å². The zero-order valence-electron chi connectivity index (χ0n) is 10.5. The minimum absolute atomic E-state index is 0.934. The van der Waals surface area contributed by atoms with Gasteiger partial charge in [-0.25, -0.2) is 0 Å². The molecule has 0 saturated heterocycles. The summed E-state index contributed by atoms with van der Waals surface area (Å²) in [7, 11) is -2.85. The summed E-state index contributed by atoms with van der Waals surface area (Å²) in [5, 5.41) is 0. The minimum Gasteiger partial charge on any atom is -0.0949 e. The second-order valence-corrected chi connectivity index (χ2v) is 22.1. The molecule has 0 aromatic heterocycles. The van der Waals surface area contributed by atoms with Crippen LogP contribution in [0.3, 0.4) is 0 Å². The number of rotatable bonds is 2. The molecule has 0 atom stereocenters. The van der Waals surface area contributed by atoms with Crippen LogP contribution in [0.25, 0.3) is 0 Å². The van der Waals surface area contributed by atoms with E-state index < -0.39 is 24.2 Å². The second-order valence-electron chi connectivity index (χ2n) is 6.88. The van der Waals surface area contributed by atoms with Gasteiger partial charge in [0.2, 0.25) is 0 Å². The Balaban J connectivity index is 3.05. The highest BCUT2D eigenvalue weighted by atomic mass is 28.4. The Morgan fingerprint density at radius 1 is 0.692 bits per heavy atom. The molecule has 0 N–H and O–H groups in total. The lowest BCUT2D eigenvalue weighted by Crippen LogP contribution is -2.30. The standard InChI is InChI=1S/C10H24Si3/c1-11(2,3)9-10(12(4,5)6)13(9,7)8/h1-8H3. The van der Waals surface area contributed by atoms with Gasteiger partial charge in [-0.1, -0.05) is 62.0 Å². The van der Waals surface area contributed by atoms with Gasteiger partial charge in [-0.15, -0.1) is 0 Å². The highest BCUT2D eigenvalue weighted by Gasteiger charge is 2.55. The van der Waals surface area contributed by atoms with Gasteiger partial charge in [0.25, 0.3) is 0 Å². The molecule has 76 valence electrons. The summed E-state index contributed by atoms with van der Waals surface area (Å²) in [6.07, 6.45) is 0. The van der Waals surface area contributed by atoms with E-state index in [2.05, 4.69) is 52.4 Å². The van der Waals surface area contributed by atoms with E-state index in [0.29, 0.717) is 0 Å². The number of hydrogen-bond acceptors (Lipinski definition) is 0. The summed E-state index contributed by atoms with van der Waals surface area (Å²) in [4.78, 5) is 4.03. The van der Waals surface area contributed by atoms with Crippen LogP contribution >= 0.6 is 0 Å². The first-order valence-corrected chi connectivity index (χ1v) is 15.2. The maximum absolute atomic E-state index is 2.56. The van der Waals surface area contributed by atoms with Gasteiger partial charge < -0.3 is 0 Å². The average Bonchev–Trinajstić information content (AvgIpc) is 2.29. The highest BCUT2D eigenvalue weighted by Crippen LogP contribution is 2.51. The Labute approximate surface area is 86.5 Å². The Hall–Kier alpha value is 0.391. The molecule has 0 nitrogen and oxygen atoms in total. The van der Waals surface area contributed by atoms with Gasteiger partial charge in [0.05, 0.1) is 24.2 Å². The zero-order chi connectivity index (χ0) is 10.7. The van der Waals surface area contributed by atoms with E-state index in [9.17, 15) is 0 Å². The first kappa shape index (κ1) is 11.5. The third kappa shape index (κ3) is 1.92. The first-order chi connectivity index (χ1) is 5.49. The molecule has 1 heterocycles. The lowest BCUT2D eigenvalue weighted by atomic mass is 11.2. The van der Waals surface area contributed by atoms with Crippen molar-refractivity contribution in [2.75, 3.05) is 0 Å². The highest BCUT2D eigenvalue weighted by molar-refractivity contribution is 7.27. The summed E-state index contributed by atoms with van der Waals surface area (Å²) in [6, 6.07) is 0. The molecule has 3 heteroatoms. The molecular formula is C10H24Si3. The topological polar surface area (TPSA) is 0 Å². The molecule has 13 heavy (non-hydrogen) atoms. The quantitative estimate of drug-likeness (QED) is 0.630. The van der Waals surface area contributed by atoms with Crippen molar-refractivity contribution < 1.29 is 0 Å². The molecule has 1 aliphatic heterocycles. The van der Waals surface area contributed by atoms with Crippen LogP contribution < -0.4 is 0 Å². The summed E-state index contributed by atoms with van der Waals surface area (Å²) in [5.74, 6) is 0. The molecule has 0 unspecified atom stereocenters. The minimum atomic E-state index is -0.956. The fourth-order valence-electron chi connectivity index (χ4n) is 3.09. The fourth-order valence-corrected chi connectivity index (χ4v) is 28.4. The SMILES string of the molecule is C[Si](C)(C)C1=C([Si](C)(C)C)[Si]1(C)C. The molecule has 0 aromatic carbocycles. The average molecular weight is 229 g/mol. The molecule has 0 amide bonds. The molecule has 0 saturated carbocycles. The lowest BCUT2D eigenvalue weighted by molar-refractivity contribution is 1.73. The number of hydrogen-bond donors (Lipinski definition) is 0. The largest absolute Gasteiger partial charge is 0.0949 e. The Morgan fingerprint density at radius 3 is 1.00 bits per heavy atom. The Bertz CT molecular complexity index is 235. The molecular weight excluding hydrogens is 204 g/mol. The van der Waals surface area contributed by atoms with Crippen LogP contribution in [0.4, 0.5) is 0 Å². The van der Waals surface area contributed by atoms with Crippen molar-refractivity contribution in [3.63, 3.8) is 0 Å². The fraction of sp³-hybridized carbons (Fsp3) is 0.800. The van der Waals surface area contributed by atoms with Crippen molar-refractivity contribution in [2.45, 2.75) is 52.4 Å².